The molecule has 5 heteroatoms. The van der Waals surface area contributed by atoms with Gasteiger partial charge in [-0.15, -0.1) is 0 Å². The summed E-state index contributed by atoms with van der Waals surface area (Å²) in [6, 6.07) is 0. The van der Waals surface area contributed by atoms with Crippen molar-refractivity contribution in [2.24, 2.45) is 5.92 Å². The molecule has 0 aliphatic heterocycles. The molecule has 2 rings (SSSR count). The van der Waals surface area contributed by atoms with E-state index in [2.05, 4.69) is 22.2 Å². The predicted molar refractivity (Wildman–Crippen MR) is 65.6 cm³/mol. The van der Waals surface area contributed by atoms with Crippen LogP contribution in [0.4, 0.5) is 5.82 Å². The minimum Gasteiger partial charge on any atom is -0.489 e. The molecular weight excluding hydrogens is 218 g/mol. The Morgan fingerprint density at radius 2 is 2.24 bits per heavy atom. The zero-order valence-corrected chi connectivity index (χ0v) is 10.4. The van der Waals surface area contributed by atoms with E-state index in [1.54, 1.807) is 7.11 Å². The maximum Gasteiger partial charge on any atom is 0.262 e. The number of nitrogens with one attached hydrogen (secondary N) is 1. The minimum absolute atomic E-state index is 0.535. The summed E-state index contributed by atoms with van der Waals surface area (Å²) >= 11 is 0. The van der Waals surface area contributed by atoms with Crippen LogP contribution >= 0.6 is 0 Å². The van der Waals surface area contributed by atoms with Crippen molar-refractivity contribution in [3.8, 4) is 11.6 Å². The third-order valence-corrected chi connectivity index (χ3v) is 2.67. The molecule has 0 unspecified atom stereocenters. The van der Waals surface area contributed by atoms with Crippen molar-refractivity contribution in [2.45, 2.75) is 26.2 Å². The van der Waals surface area contributed by atoms with E-state index in [1.165, 1.54) is 19.2 Å². The molecule has 5 nitrogen and oxygen atoms in total. The third-order valence-electron chi connectivity index (χ3n) is 2.67. The first-order valence-corrected chi connectivity index (χ1v) is 6.10. The average Bonchev–Trinajstić information content (AvgIpc) is 3.17. The Labute approximate surface area is 102 Å². The van der Waals surface area contributed by atoms with Gasteiger partial charge in [0.1, 0.15) is 6.33 Å². The van der Waals surface area contributed by atoms with Crippen molar-refractivity contribution in [3.63, 3.8) is 0 Å². The first-order valence-electron chi connectivity index (χ1n) is 6.10. The van der Waals surface area contributed by atoms with E-state index >= 15 is 0 Å². The molecule has 1 N–H and O–H groups in total. The van der Waals surface area contributed by atoms with Gasteiger partial charge in [-0.25, -0.2) is 4.98 Å². The molecule has 1 aliphatic rings. The van der Waals surface area contributed by atoms with E-state index in [0.717, 1.165) is 19.6 Å². The quantitative estimate of drug-likeness (QED) is 0.787. The topological polar surface area (TPSA) is 56.3 Å². The van der Waals surface area contributed by atoms with E-state index in [4.69, 9.17) is 9.47 Å². The van der Waals surface area contributed by atoms with Crippen molar-refractivity contribution >= 4 is 5.82 Å². The number of anilines is 1. The van der Waals surface area contributed by atoms with Crippen molar-refractivity contribution in [1.29, 1.82) is 0 Å². The van der Waals surface area contributed by atoms with Gasteiger partial charge in [-0.2, -0.15) is 4.98 Å². The monoisotopic (exact) mass is 237 g/mol. The molecule has 0 bridgehead atoms. The van der Waals surface area contributed by atoms with Crippen LogP contribution in [-0.2, 0) is 0 Å². The van der Waals surface area contributed by atoms with Crippen molar-refractivity contribution < 1.29 is 9.47 Å². The van der Waals surface area contributed by atoms with Crippen LogP contribution in [0.25, 0.3) is 0 Å². The van der Waals surface area contributed by atoms with E-state index in [-0.39, 0.29) is 0 Å². The first kappa shape index (κ1) is 12.0. The second-order valence-corrected chi connectivity index (χ2v) is 4.24. The number of aromatic nitrogens is 2. The summed E-state index contributed by atoms with van der Waals surface area (Å²) in [6.07, 6.45) is 5.05. The van der Waals surface area contributed by atoms with Crippen LogP contribution in [0.2, 0.25) is 0 Å². The maximum atomic E-state index is 5.66. The van der Waals surface area contributed by atoms with Crippen LogP contribution in [0.3, 0.4) is 0 Å². The summed E-state index contributed by atoms with van der Waals surface area (Å²) in [5.41, 5.74) is 0. The van der Waals surface area contributed by atoms with Crippen LogP contribution in [0.5, 0.6) is 11.6 Å². The van der Waals surface area contributed by atoms with Gasteiger partial charge in [0.2, 0.25) is 5.75 Å². The molecular formula is C12H19N3O2. The normalized spacial score (nSPS) is 14.5. The Balaban J connectivity index is 2.06. The van der Waals surface area contributed by atoms with Gasteiger partial charge in [-0.05, 0) is 25.2 Å². The second-order valence-electron chi connectivity index (χ2n) is 4.24. The highest BCUT2D eigenvalue weighted by Crippen LogP contribution is 2.34. The molecule has 0 aromatic carbocycles. The second kappa shape index (κ2) is 5.70. The van der Waals surface area contributed by atoms with Crippen LogP contribution in [0, 0.1) is 5.92 Å². The molecule has 1 saturated carbocycles. The van der Waals surface area contributed by atoms with Crippen molar-refractivity contribution in [1.82, 2.24) is 9.97 Å². The summed E-state index contributed by atoms with van der Waals surface area (Å²) in [7, 11) is 1.61. The van der Waals surface area contributed by atoms with Gasteiger partial charge >= 0.3 is 0 Å². The molecule has 0 radical (unpaired) electrons. The van der Waals surface area contributed by atoms with Crippen LogP contribution in [0.1, 0.15) is 26.2 Å². The van der Waals surface area contributed by atoms with Gasteiger partial charge in [0.15, 0.2) is 5.82 Å². The Morgan fingerprint density at radius 3 is 2.88 bits per heavy atom. The minimum atomic E-state index is 0.535. The third kappa shape index (κ3) is 3.22. The van der Waals surface area contributed by atoms with Crippen LogP contribution < -0.4 is 14.8 Å². The smallest absolute Gasteiger partial charge is 0.262 e. The lowest BCUT2D eigenvalue weighted by Gasteiger charge is -2.12. The largest absolute Gasteiger partial charge is 0.489 e. The van der Waals surface area contributed by atoms with Crippen molar-refractivity contribution in [3.05, 3.63) is 6.33 Å². The lowest BCUT2D eigenvalue weighted by molar-refractivity contribution is 0.268. The lowest BCUT2D eigenvalue weighted by atomic mass is 10.4. The van der Waals surface area contributed by atoms with Gasteiger partial charge < -0.3 is 14.8 Å². The predicted octanol–water partition coefficient (Wildman–Crippen LogP) is 2.10. The molecule has 17 heavy (non-hydrogen) atoms. The van der Waals surface area contributed by atoms with Crippen LogP contribution in [0.15, 0.2) is 6.33 Å². The van der Waals surface area contributed by atoms with E-state index in [1.807, 2.05) is 0 Å². The Hall–Kier alpha value is -1.52. The Morgan fingerprint density at radius 1 is 1.41 bits per heavy atom. The Kier molecular flexibility index (Phi) is 4.01. The average molecular weight is 237 g/mol. The van der Waals surface area contributed by atoms with E-state index < -0.39 is 0 Å². The number of methoxy groups -OCH3 is 1. The number of rotatable bonds is 7. The lowest BCUT2D eigenvalue weighted by Crippen LogP contribution is -2.08. The highest BCUT2D eigenvalue weighted by atomic mass is 16.5. The van der Waals surface area contributed by atoms with Gasteiger partial charge in [0.25, 0.3) is 5.88 Å². The summed E-state index contributed by atoms with van der Waals surface area (Å²) < 4.78 is 11.0. The molecule has 0 saturated heterocycles. The fraction of sp³-hybridized carbons (Fsp3) is 0.667. The molecule has 0 atom stereocenters. The molecule has 0 spiro atoms. The zero-order valence-electron chi connectivity index (χ0n) is 10.4. The van der Waals surface area contributed by atoms with Gasteiger partial charge in [-0.3, -0.25) is 0 Å². The molecule has 1 heterocycles. The fourth-order valence-corrected chi connectivity index (χ4v) is 1.50. The fourth-order valence-electron chi connectivity index (χ4n) is 1.50. The molecule has 1 aromatic rings. The highest BCUT2D eigenvalue weighted by Gasteiger charge is 2.23. The highest BCUT2D eigenvalue weighted by molar-refractivity contribution is 5.54. The van der Waals surface area contributed by atoms with Crippen LogP contribution in [-0.4, -0.2) is 30.2 Å². The molecule has 0 amide bonds. The Bertz CT molecular complexity index is 367. The van der Waals surface area contributed by atoms with Gasteiger partial charge in [0.05, 0.1) is 13.7 Å². The molecule has 1 aliphatic carbocycles. The zero-order chi connectivity index (χ0) is 12.1. The maximum absolute atomic E-state index is 5.66. The van der Waals surface area contributed by atoms with Gasteiger partial charge in [0, 0.05) is 6.54 Å². The summed E-state index contributed by atoms with van der Waals surface area (Å²) in [5.74, 6) is 2.53. The summed E-state index contributed by atoms with van der Waals surface area (Å²) in [5, 5.41) is 3.20. The number of hydrogen-bond donors (Lipinski definition) is 1. The van der Waals surface area contributed by atoms with Crippen molar-refractivity contribution in [2.75, 3.05) is 25.6 Å². The molecule has 1 fully saturated rings. The summed E-state index contributed by atoms with van der Waals surface area (Å²) in [6.45, 7) is 3.68. The van der Waals surface area contributed by atoms with E-state index in [0.29, 0.717) is 23.4 Å². The first-order chi connectivity index (χ1) is 8.35. The SMILES string of the molecule is CCCNc1ncnc(OCC2CC2)c1OC. The number of nitrogens with zero attached hydrogens (tertiary/aromatic N) is 2. The van der Waals surface area contributed by atoms with Gasteiger partial charge in [-0.1, -0.05) is 6.92 Å². The summed E-state index contributed by atoms with van der Waals surface area (Å²) in [4.78, 5) is 8.28. The molecule has 94 valence electrons. The standard InChI is InChI=1S/C12H19N3O2/c1-3-6-13-11-10(16-2)12(15-8-14-11)17-7-9-4-5-9/h8-9H,3-7H2,1-2H3,(H,13,14,15). The molecule has 1 aromatic heterocycles. The number of hydrogen-bond acceptors (Lipinski definition) is 5. The number of ether oxygens (including phenoxy) is 2. The van der Waals surface area contributed by atoms with E-state index in [9.17, 15) is 0 Å².